The molecule has 0 radical (unpaired) electrons. The van der Waals surface area contributed by atoms with Crippen LogP contribution in [0.15, 0.2) is 6.20 Å². The lowest BCUT2D eigenvalue weighted by Gasteiger charge is -2.37. The van der Waals surface area contributed by atoms with Crippen LogP contribution in [0.4, 0.5) is 5.82 Å². The summed E-state index contributed by atoms with van der Waals surface area (Å²) in [7, 11) is 1.88. The van der Waals surface area contributed by atoms with Crippen molar-refractivity contribution < 1.29 is 0 Å². The fourth-order valence-corrected chi connectivity index (χ4v) is 3.07. The van der Waals surface area contributed by atoms with Crippen LogP contribution in [0.5, 0.6) is 0 Å². The van der Waals surface area contributed by atoms with E-state index in [4.69, 9.17) is 5.84 Å². The number of fused-ring (bicyclic) bond motifs is 1. The molecule has 1 aliphatic heterocycles. The number of nitrogens with two attached hydrogens (primary N) is 1. The van der Waals surface area contributed by atoms with Crippen LogP contribution in [0.3, 0.4) is 0 Å². The molecule has 1 fully saturated rings. The van der Waals surface area contributed by atoms with Crippen molar-refractivity contribution in [2.24, 2.45) is 18.8 Å². The first-order chi connectivity index (χ1) is 10.1. The molecule has 0 aliphatic carbocycles. The molecule has 3 N–H and O–H groups in total. The van der Waals surface area contributed by atoms with Gasteiger partial charge in [-0.3, -0.25) is 9.58 Å². The molecule has 2 aromatic rings. The summed E-state index contributed by atoms with van der Waals surface area (Å²) in [6.45, 7) is 6.45. The van der Waals surface area contributed by atoms with Crippen molar-refractivity contribution in [1.29, 1.82) is 0 Å². The van der Waals surface area contributed by atoms with Crippen molar-refractivity contribution in [2.45, 2.75) is 39.3 Å². The number of piperidine rings is 1. The fraction of sp³-hybridized carbons (Fsp3) is 0.643. The van der Waals surface area contributed by atoms with Crippen molar-refractivity contribution in [3.63, 3.8) is 0 Å². The van der Waals surface area contributed by atoms with E-state index in [1.54, 1.807) is 10.9 Å². The zero-order valence-corrected chi connectivity index (χ0v) is 12.9. The van der Waals surface area contributed by atoms with Crippen LogP contribution in [0.2, 0.25) is 0 Å². The number of hydrogen-bond donors (Lipinski definition) is 2. The van der Waals surface area contributed by atoms with Gasteiger partial charge in [0.25, 0.3) is 0 Å². The van der Waals surface area contributed by atoms with Gasteiger partial charge in [-0.1, -0.05) is 6.92 Å². The molecule has 0 saturated carbocycles. The number of hydrazine groups is 1. The molecule has 0 amide bonds. The zero-order valence-electron chi connectivity index (χ0n) is 12.9. The number of rotatable bonds is 3. The topological polar surface area (TPSA) is 84.9 Å². The van der Waals surface area contributed by atoms with Crippen LogP contribution in [0.25, 0.3) is 11.0 Å². The van der Waals surface area contributed by atoms with Gasteiger partial charge in [0, 0.05) is 13.1 Å². The maximum absolute atomic E-state index is 5.59. The molecule has 2 unspecified atom stereocenters. The van der Waals surface area contributed by atoms with Gasteiger partial charge in [0.05, 0.1) is 18.1 Å². The molecule has 7 heteroatoms. The largest absolute Gasteiger partial charge is 0.308 e. The van der Waals surface area contributed by atoms with E-state index >= 15 is 0 Å². The first-order valence-electron chi connectivity index (χ1n) is 7.49. The number of aromatic nitrogens is 4. The summed E-state index contributed by atoms with van der Waals surface area (Å²) in [5, 5.41) is 5.08. The van der Waals surface area contributed by atoms with E-state index in [0.717, 1.165) is 29.9 Å². The maximum Gasteiger partial charge on any atom is 0.163 e. The first-order valence-corrected chi connectivity index (χ1v) is 7.49. The van der Waals surface area contributed by atoms with Gasteiger partial charge in [-0.15, -0.1) is 0 Å². The van der Waals surface area contributed by atoms with Crippen LogP contribution < -0.4 is 11.3 Å². The number of anilines is 1. The summed E-state index contributed by atoms with van der Waals surface area (Å²) in [4.78, 5) is 11.6. The van der Waals surface area contributed by atoms with E-state index < -0.39 is 0 Å². The second-order valence-electron chi connectivity index (χ2n) is 5.97. The molecule has 114 valence electrons. The third-order valence-electron chi connectivity index (χ3n) is 4.62. The highest BCUT2D eigenvalue weighted by Crippen LogP contribution is 2.25. The van der Waals surface area contributed by atoms with Crippen molar-refractivity contribution >= 4 is 16.9 Å². The standard InChI is InChI=1S/C14H23N7/c1-9-5-4-6-21(10(9)2)8-12-17-13(19-15)11-7-16-20(3)14(11)18-12/h7,9-10H,4-6,8,15H2,1-3H3,(H,17,18,19). The van der Waals surface area contributed by atoms with Gasteiger partial charge in [0.1, 0.15) is 5.82 Å². The Morgan fingerprint density at radius 3 is 2.95 bits per heavy atom. The molecule has 3 rings (SSSR count). The number of likely N-dealkylation sites (tertiary alicyclic amines) is 1. The Balaban J connectivity index is 1.91. The third kappa shape index (κ3) is 2.58. The van der Waals surface area contributed by atoms with Crippen molar-refractivity contribution in [1.82, 2.24) is 24.6 Å². The molecule has 2 aromatic heterocycles. The first kappa shape index (κ1) is 14.2. The second-order valence-corrected chi connectivity index (χ2v) is 5.97. The molecule has 0 aromatic carbocycles. The molecular weight excluding hydrogens is 266 g/mol. The SMILES string of the molecule is CC1CCCN(Cc2nc(NN)c3cnn(C)c3n2)C1C. The summed E-state index contributed by atoms with van der Waals surface area (Å²) in [6.07, 6.45) is 4.27. The quantitative estimate of drug-likeness (QED) is 0.654. The highest BCUT2D eigenvalue weighted by atomic mass is 15.3. The molecule has 3 heterocycles. The Labute approximate surface area is 124 Å². The van der Waals surface area contributed by atoms with Crippen molar-refractivity contribution in [3.8, 4) is 0 Å². The highest BCUT2D eigenvalue weighted by molar-refractivity contribution is 5.86. The average molecular weight is 289 g/mol. The van der Waals surface area contributed by atoms with Crippen molar-refractivity contribution in [2.75, 3.05) is 12.0 Å². The number of nitrogens with zero attached hydrogens (tertiary/aromatic N) is 5. The van der Waals surface area contributed by atoms with Crippen LogP contribution >= 0.6 is 0 Å². The second kappa shape index (κ2) is 5.57. The third-order valence-corrected chi connectivity index (χ3v) is 4.62. The van der Waals surface area contributed by atoms with E-state index in [0.29, 0.717) is 17.8 Å². The molecular formula is C14H23N7. The molecule has 7 nitrogen and oxygen atoms in total. The Kier molecular flexibility index (Phi) is 3.77. The lowest BCUT2D eigenvalue weighted by Crippen LogP contribution is -2.42. The van der Waals surface area contributed by atoms with Gasteiger partial charge in [-0.25, -0.2) is 15.8 Å². The zero-order chi connectivity index (χ0) is 15.0. The van der Waals surface area contributed by atoms with Gasteiger partial charge in [-0.05, 0) is 32.2 Å². The maximum atomic E-state index is 5.59. The summed E-state index contributed by atoms with van der Waals surface area (Å²) in [5.74, 6) is 7.73. The van der Waals surface area contributed by atoms with Gasteiger partial charge < -0.3 is 5.43 Å². The molecule has 0 spiro atoms. The number of aryl methyl sites for hydroxylation is 1. The molecule has 2 atom stereocenters. The summed E-state index contributed by atoms with van der Waals surface area (Å²) in [6, 6.07) is 0.555. The normalized spacial score (nSPS) is 23.6. The predicted octanol–water partition coefficient (Wildman–Crippen LogP) is 1.27. The van der Waals surface area contributed by atoms with Crippen LogP contribution in [0, 0.1) is 5.92 Å². The summed E-state index contributed by atoms with van der Waals surface area (Å²) >= 11 is 0. The highest BCUT2D eigenvalue weighted by Gasteiger charge is 2.25. The fourth-order valence-electron chi connectivity index (χ4n) is 3.07. The summed E-state index contributed by atoms with van der Waals surface area (Å²) < 4.78 is 1.75. The number of nitrogens with one attached hydrogen (secondary N) is 1. The predicted molar refractivity (Wildman–Crippen MR) is 82.4 cm³/mol. The van der Waals surface area contributed by atoms with Gasteiger partial charge in [0.15, 0.2) is 11.5 Å². The Morgan fingerprint density at radius 2 is 2.19 bits per heavy atom. The van der Waals surface area contributed by atoms with Crippen molar-refractivity contribution in [3.05, 3.63) is 12.0 Å². The Bertz CT molecular complexity index is 636. The smallest absolute Gasteiger partial charge is 0.163 e. The van der Waals surface area contributed by atoms with Gasteiger partial charge >= 0.3 is 0 Å². The molecule has 21 heavy (non-hydrogen) atoms. The lowest BCUT2D eigenvalue weighted by atomic mass is 9.92. The van der Waals surface area contributed by atoms with Crippen LogP contribution in [-0.4, -0.2) is 37.2 Å². The van der Waals surface area contributed by atoms with E-state index in [2.05, 4.69) is 39.2 Å². The Hall–Kier alpha value is -1.73. The average Bonchev–Trinajstić information content (AvgIpc) is 2.85. The number of hydrogen-bond acceptors (Lipinski definition) is 6. The minimum Gasteiger partial charge on any atom is -0.308 e. The van der Waals surface area contributed by atoms with E-state index in [1.807, 2.05) is 7.05 Å². The number of nitrogen functional groups attached to an aromatic ring is 1. The lowest BCUT2D eigenvalue weighted by molar-refractivity contribution is 0.104. The minimum atomic E-state index is 0.555. The molecule has 0 bridgehead atoms. The monoisotopic (exact) mass is 289 g/mol. The van der Waals surface area contributed by atoms with Crippen LogP contribution in [0.1, 0.15) is 32.5 Å². The van der Waals surface area contributed by atoms with E-state index in [9.17, 15) is 0 Å². The summed E-state index contributed by atoms with van der Waals surface area (Å²) in [5.41, 5.74) is 3.47. The van der Waals surface area contributed by atoms with Gasteiger partial charge in [0.2, 0.25) is 0 Å². The Morgan fingerprint density at radius 1 is 1.38 bits per heavy atom. The molecule has 1 aliphatic rings. The van der Waals surface area contributed by atoms with E-state index in [-0.39, 0.29) is 0 Å². The minimum absolute atomic E-state index is 0.555. The van der Waals surface area contributed by atoms with E-state index in [1.165, 1.54) is 12.8 Å². The van der Waals surface area contributed by atoms with Crippen LogP contribution in [-0.2, 0) is 13.6 Å². The van der Waals surface area contributed by atoms with Gasteiger partial charge in [-0.2, -0.15) is 5.10 Å². The molecule has 1 saturated heterocycles.